The normalized spacial score (nSPS) is 26.6. The molecule has 0 aromatic heterocycles. The molecule has 5 atom stereocenters. The number of imide groups is 1. The monoisotopic (exact) mass is 696 g/mol. The molecule has 3 aliphatic heterocycles. The summed E-state index contributed by atoms with van der Waals surface area (Å²) in [6, 6.07) is -4.16. The molecule has 0 aromatic carbocycles. The number of nitrogens with zero attached hydrogens (tertiary/aromatic N) is 2. The van der Waals surface area contributed by atoms with Gasteiger partial charge in [-0.3, -0.25) is 33.7 Å². The Bertz CT molecular complexity index is 1330. The van der Waals surface area contributed by atoms with Crippen molar-refractivity contribution in [1.82, 2.24) is 31.1 Å². The molecule has 4 fully saturated rings. The molecule has 13 heteroatoms. The van der Waals surface area contributed by atoms with E-state index in [1.54, 1.807) is 6.08 Å². The predicted octanol–water partition coefficient (Wildman–Crippen LogP) is 3.02. The third kappa shape index (κ3) is 10.8. The second-order valence-electron chi connectivity index (χ2n) is 15.4. The van der Waals surface area contributed by atoms with Crippen LogP contribution in [0.3, 0.4) is 0 Å². The first-order chi connectivity index (χ1) is 23.8. The van der Waals surface area contributed by atoms with Crippen LogP contribution in [0.25, 0.3) is 0 Å². The van der Waals surface area contributed by atoms with E-state index in [0.29, 0.717) is 38.5 Å². The fraction of sp³-hybridized carbons (Fsp3) is 0.730. The Morgan fingerprint density at radius 3 is 2.10 bits per heavy atom. The van der Waals surface area contributed by atoms with Crippen molar-refractivity contribution in [3.8, 4) is 0 Å². The number of urea groups is 1. The predicted molar refractivity (Wildman–Crippen MR) is 186 cm³/mol. The fourth-order valence-electron chi connectivity index (χ4n) is 7.01. The summed E-state index contributed by atoms with van der Waals surface area (Å²) in [6.07, 6.45) is 11.4. The third-order valence-electron chi connectivity index (χ3n) is 10.3. The van der Waals surface area contributed by atoms with E-state index in [-0.39, 0.29) is 43.8 Å². The molecule has 4 N–H and O–H groups in total. The molecule has 7 amide bonds. The summed E-state index contributed by atoms with van der Waals surface area (Å²) in [4.78, 5) is 95.8. The zero-order valence-corrected chi connectivity index (χ0v) is 30.0. The zero-order chi connectivity index (χ0) is 36.4. The number of piperidine rings is 1. The number of ketones is 1. The number of carbonyl (C=O) groups excluding carboxylic acids is 7. The van der Waals surface area contributed by atoms with Crippen LogP contribution in [0.5, 0.6) is 0 Å². The van der Waals surface area contributed by atoms with E-state index in [4.69, 9.17) is 0 Å². The molecule has 0 bridgehead atoms. The highest BCUT2D eigenvalue weighted by atomic mass is 16.2. The average molecular weight is 697 g/mol. The number of hydrogen-bond acceptors (Lipinski definition) is 7. The minimum atomic E-state index is -1.02. The molecule has 1 saturated carbocycles. The summed E-state index contributed by atoms with van der Waals surface area (Å²) in [5.74, 6) is -3.30. The largest absolute Gasteiger partial charge is 0.347 e. The number of nitrogens with one attached hydrogen (secondary N) is 4. The number of hydrogen-bond donors (Lipinski definition) is 4. The summed E-state index contributed by atoms with van der Waals surface area (Å²) in [5.41, 5.74) is 2.22. The number of amides is 7. The molecule has 13 nitrogen and oxygen atoms in total. The van der Waals surface area contributed by atoms with Gasteiger partial charge in [0, 0.05) is 37.9 Å². The van der Waals surface area contributed by atoms with Crippen molar-refractivity contribution >= 4 is 41.4 Å². The Labute approximate surface area is 295 Å². The highest BCUT2D eigenvalue weighted by Gasteiger charge is 2.44. The molecule has 0 spiro atoms. The van der Waals surface area contributed by atoms with Gasteiger partial charge in [0.2, 0.25) is 29.4 Å². The number of Topliss-reactive ketones (excluding diaryl/α,β-unsaturated/α-hetero) is 1. The van der Waals surface area contributed by atoms with Crippen LogP contribution < -0.4 is 21.3 Å². The average Bonchev–Trinajstić information content (AvgIpc) is 3.77. The lowest BCUT2D eigenvalue weighted by Crippen LogP contribution is -2.60. The van der Waals surface area contributed by atoms with Crippen molar-refractivity contribution in [3.63, 3.8) is 0 Å². The van der Waals surface area contributed by atoms with Gasteiger partial charge in [-0.15, -0.1) is 5.73 Å². The minimum Gasteiger partial charge on any atom is -0.347 e. The van der Waals surface area contributed by atoms with Crippen LogP contribution in [0.15, 0.2) is 18.4 Å². The Balaban J connectivity index is 1.55. The highest BCUT2D eigenvalue weighted by molar-refractivity contribution is 6.38. The maximum Gasteiger partial charge on any atom is 0.315 e. The first kappa shape index (κ1) is 38.8. The van der Waals surface area contributed by atoms with Gasteiger partial charge in [-0.1, -0.05) is 72.3 Å². The summed E-state index contributed by atoms with van der Waals surface area (Å²) >= 11 is 0. The van der Waals surface area contributed by atoms with Crippen LogP contribution in [0.2, 0.25) is 0 Å². The second kappa shape index (κ2) is 17.8. The Morgan fingerprint density at radius 1 is 0.880 bits per heavy atom. The molecule has 0 unspecified atom stereocenters. The Morgan fingerprint density at radius 2 is 1.50 bits per heavy atom. The van der Waals surface area contributed by atoms with E-state index >= 15 is 0 Å². The van der Waals surface area contributed by atoms with Gasteiger partial charge in [0.15, 0.2) is 0 Å². The molecule has 50 heavy (non-hydrogen) atoms. The summed E-state index contributed by atoms with van der Waals surface area (Å²) in [5, 5.41) is 11.4. The molecular weight excluding hydrogens is 640 g/mol. The van der Waals surface area contributed by atoms with Gasteiger partial charge in [0.25, 0.3) is 5.91 Å². The molecular formula is C37H56N6O7. The third-order valence-corrected chi connectivity index (χ3v) is 10.3. The van der Waals surface area contributed by atoms with Crippen molar-refractivity contribution in [2.45, 2.75) is 147 Å². The molecule has 0 aromatic rings. The lowest BCUT2D eigenvalue weighted by atomic mass is 9.86. The van der Waals surface area contributed by atoms with Crippen LogP contribution in [-0.4, -0.2) is 94.4 Å². The van der Waals surface area contributed by atoms with E-state index in [2.05, 4.69) is 33.6 Å². The molecule has 1 aliphatic carbocycles. The van der Waals surface area contributed by atoms with Gasteiger partial charge in [-0.05, 0) is 50.0 Å². The number of rotatable bonds is 8. The van der Waals surface area contributed by atoms with E-state index in [1.165, 1.54) is 9.80 Å². The first-order valence-corrected chi connectivity index (χ1v) is 18.5. The topological polar surface area (TPSA) is 174 Å². The highest BCUT2D eigenvalue weighted by Crippen LogP contribution is 2.28. The van der Waals surface area contributed by atoms with Crippen molar-refractivity contribution in [2.24, 2.45) is 11.3 Å². The standard InChI is InChI=1S/C37H56N6O7/c1-5-14-24-21-22-42-31(24)33(47)39-26(32(46)34(48)38-25-19-20-25)15-11-9-7-6-8-10-12-16-27(35(42)49)40-36(50)41-28(37(2,3)4)23-43-29(44)17-13-18-30(43)45/h14,24-28,31H,1,6-13,15-23H2,2-4H3,(H,38,48)(H,39,47)(H2,40,41,50)/t24-,26-,27-,28+,31-/m0/s1. The van der Waals surface area contributed by atoms with Gasteiger partial charge < -0.3 is 26.2 Å². The molecule has 4 aliphatic rings. The first-order valence-electron chi connectivity index (χ1n) is 18.5. The lowest BCUT2D eigenvalue weighted by molar-refractivity contribution is -0.148. The Hall–Kier alpha value is -3.99. The maximum atomic E-state index is 14.3. The van der Waals surface area contributed by atoms with E-state index in [0.717, 1.165) is 44.9 Å². The molecule has 3 saturated heterocycles. The van der Waals surface area contributed by atoms with E-state index < -0.39 is 65.0 Å². The van der Waals surface area contributed by atoms with Crippen LogP contribution in [0, 0.1) is 11.3 Å². The van der Waals surface area contributed by atoms with Crippen LogP contribution in [-0.2, 0) is 28.8 Å². The van der Waals surface area contributed by atoms with E-state index in [1.807, 2.05) is 20.8 Å². The number of carbonyl (C=O) groups is 7. The molecule has 0 radical (unpaired) electrons. The summed E-state index contributed by atoms with van der Waals surface area (Å²) in [7, 11) is 0. The fourth-order valence-corrected chi connectivity index (χ4v) is 7.01. The smallest absolute Gasteiger partial charge is 0.315 e. The quantitative estimate of drug-likeness (QED) is 0.172. The zero-order valence-electron chi connectivity index (χ0n) is 30.0. The summed E-state index contributed by atoms with van der Waals surface area (Å²) in [6.45, 7) is 9.65. The molecule has 276 valence electrons. The van der Waals surface area contributed by atoms with Crippen molar-refractivity contribution in [2.75, 3.05) is 13.1 Å². The van der Waals surface area contributed by atoms with Gasteiger partial charge in [0.1, 0.15) is 12.1 Å². The molecule has 4 rings (SSSR count). The van der Waals surface area contributed by atoms with Gasteiger partial charge >= 0.3 is 6.03 Å². The van der Waals surface area contributed by atoms with Gasteiger partial charge in [0.05, 0.1) is 12.1 Å². The van der Waals surface area contributed by atoms with Crippen molar-refractivity contribution in [3.05, 3.63) is 18.4 Å². The van der Waals surface area contributed by atoms with Gasteiger partial charge in [-0.25, -0.2) is 4.79 Å². The number of fused-ring (bicyclic) bond motifs is 1. The minimum absolute atomic E-state index is 0.00605. The summed E-state index contributed by atoms with van der Waals surface area (Å²) < 4.78 is 0. The van der Waals surface area contributed by atoms with Crippen molar-refractivity contribution < 1.29 is 33.6 Å². The van der Waals surface area contributed by atoms with Crippen LogP contribution in [0.1, 0.15) is 117 Å². The van der Waals surface area contributed by atoms with Crippen LogP contribution in [0.4, 0.5) is 4.79 Å². The van der Waals surface area contributed by atoms with Crippen molar-refractivity contribution in [1.29, 1.82) is 0 Å². The SMILES string of the molecule is C=C=C[C@H]1CCN2C(=O)[C@@H](NC(=O)N[C@H](CN3C(=O)CCCC3=O)C(C)(C)C)CCCCCCCCC[C@@H](C(=O)C(=O)NC3CC3)NC(=O)[C@H]12. The molecule has 3 heterocycles. The van der Waals surface area contributed by atoms with E-state index in [9.17, 15) is 33.6 Å². The Kier molecular flexibility index (Phi) is 13.8. The lowest BCUT2D eigenvalue weighted by Gasteiger charge is -2.37. The number of likely N-dealkylation sites (tertiary alicyclic amines) is 1. The van der Waals surface area contributed by atoms with Gasteiger partial charge in [-0.2, -0.15) is 0 Å². The maximum absolute atomic E-state index is 14.3. The van der Waals surface area contributed by atoms with Crippen LogP contribution >= 0.6 is 0 Å². The second-order valence-corrected chi connectivity index (χ2v) is 15.4.